The lowest BCUT2D eigenvalue weighted by Gasteiger charge is -2.13. The summed E-state index contributed by atoms with van der Waals surface area (Å²) >= 11 is 0. The smallest absolute Gasteiger partial charge is 0.372 e. The van der Waals surface area contributed by atoms with E-state index in [1.165, 1.54) is 32.1 Å². The first-order valence-corrected chi connectivity index (χ1v) is 8.10. The summed E-state index contributed by atoms with van der Waals surface area (Å²) in [5.41, 5.74) is 0. The Bertz CT molecular complexity index is 322. The van der Waals surface area contributed by atoms with E-state index in [-0.39, 0.29) is 30.6 Å². The molecule has 0 aromatic rings. The average molecular weight is 451 g/mol. The fraction of sp³-hybridized carbons (Fsp3) is 0.933. The molecule has 0 amide bonds. The van der Waals surface area contributed by atoms with Crippen molar-refractivity contribution in [1.29, 1.82) is 0 Å². The Morgan fingerprint density at radius 3 is 2.30 bits per heavy atom. The van der Waals surface area contributed by atoms with E-state index in [4.69, 9.17) is 0 Å². The van der Waals surface area contributed by atoms with Crippen molar-refractivity contribution < 1.29 is 17.9 Å². The van der Waals surface area contributed by atoms with Gasteiger partial charge in [-0.25, -0.2) is 0 Å². The van der Waals surface area contributed by atoms with Crippen LogP contribution in [0.25, 0.3) is 0 Å². The average Bonchev–Trinajstić information content (AvgIpc) is 2.96. The predicted molar refractivity (Wildman–Crippen MR) is 97.5 cm³/mol. The summed E-state index contributed by atoms with van der Waals surface area (Å²) in [4.78, 5) is 4.09. The first-order valence-electron chi connectivity index (χ1n) is 8.10. The second kappa shape index (κ2) is 13.1. The summed E-state index contributed by atoms with van der Waals surface area (Å²) in [5, 5.41) is 6.30. The molecule has 1 rings (SSSR count). The first kappa shape index (κ1) is 22.8. The van der Waals surface area contributed by atoms with Gasteiger partial charge < -0.3 is 15.4 Å². The molecule has 1 aliphatic rings. The Morgan fingerprint density at radius 1 is 1.13 bits per heavy atom. The molecule has 0 heterocycles. The van der Waals surface area contributed by atoms with Crippen LogP contribution in [0, 0.1) is 5.92 Å². The molecule has 1 aliphatic carbocycles. The van der Waals surface area contributed by atoms with Gasteiger partial charge in [0, 0.05) is 26.7 Å². The number of hydrogen-bond acceptors (Lipinski definition) is 2. The molecule has 0 saturated heterocycles. The highest BCUT2D eigenvalue weighted by Crippen LogP contribution is 2.28. The Hall–Kier alpha value is -0.250. The van der Waals surface area contributed by atoms with Crippen molar-refractivity contribution in [1.82, 2.24) is 10.6 Å². The van der Waals surface area contributed by atoms with E-state index in [2.05, 4.69) is 20.4 Å². The van der Waals surface area contributed by atoms with E-state index in [0.717, 1.165) is 18.9 Å². The topological polar surface area (TPSA) is 45.7 Å². The number of alkyl halides is 3. The fourth-order valence-corrected chi connectivity index (χ4v) is 2.69. The highest BCUT2D eigenvalue weighted by molar-refractivity contribution is 14.0. The van der Waals surface area contributed by atoms with Crippen LogP contribution < -0.4 is 10.6 Å². The number of nitrogens with zero attached hydrogens (tertiary/aromatic N) is 1. The molecule has 0 unspecified atom stereocenters. The van der Waals surface area contributed by atoms with Gasteiger partial charge in [0.05, 0.1) is 0 Å². The van der Waals surface area contributed by atoms with Crippen molar-refractivity contribution >= 4 is 29.9 Å². The predicted octanol–water partition coefficient (Wildman–Crippen LogP) is 3.71. The van der Waals surface area contributed by atoms with Crippen molar-refractivity contribution in [3.8, 4) is 0 Å². The van der Waals surface area contributed by atoms with Gasteiger partial charge in [-0.2, -0.15) is 13.2 Å². The molecular formula is C15H29F3IN3O. The second-order valence-electron chi connectivity index (χ2n) is 5.74. The maximum absolute atomic E-state index is 11.9. The number of guanidine groups is 1. The van der Waals surface area contributed by atoms with E-state index in [0.29, 0.717) is 18.9 Å². The van der Waals surface area contributed by atoms with Gasteiger partial charge in [-0.05, 0) is 25.2 Å². The van der Waals surface area contributed by atoms with Crippen LogP contribution >= 0.6 is 24.0 Å². The molecule has 0 radical (unpaired) electrons. The Kier molecular flexibility index (Phi) is 12.9. The van der Waals surface area contributed by atoms with Gasteiger partial charge in [0.2, 0.25) is 0 Å². The van der Waals surface area contributed by atoms with Crippen LogP contribution in [0.5, 0.6) is 0 Å². The van der Waals surface area contributed by atoms with Gasteiger partial charge in [0.25, 0.3) is 0 Å². The molecule has 0 spiro atoms. The summed E-state index contributed by atoms with van der Waals surface area (Å²) < 4.78 is 40.1. The van der Waals surface area contributed by atoms with E-state index >= 15 is 0 Å². The van der Waals surface area contributed by atoms with Crippen molar-refractivity contribution in [2.45, 2.75) is 51.1 Å². The van der Waals surface area contributed by atoms with Crippen LogP contribution in [-0.2, 0) is 4.74 Å². The van der Waals surface area contributed by atoms with Gasteiger partial charge in [-0.1, -0.05) is 25.7 Å². The maximum atomic E-state index is 11.9. The van der Waals surface area contributed by atoms with Crippen molar-refractivity contribution in [2.75, 3.05) is 33.4 Å². The number of hydrogen-bond donors (Lipinski definition) is 2. The molecule has 0 bridgehead atoms. The molecule has 4 nitrogen and oxygen atoms in total. The zero-order valence-electron chi connectivity index (χ0n) is 13.8. The third-order valence-corrected chi connectivity index (χ3v) is 3.80. The van der Waals surface area contributed by atoms with Gasteiger partial charge in [-0.3, -0.25) is 4.99 Å². The Labute approximate surface area is 154 Å². The van der Waals surface area contributed by atoms with Crippen LogP contribution in [0.1, 0.15) is 44.9 Å². The van der Waals surface area contributed by atoms with Crippen LogP contribution in [0.15, 0.2) is 4.99 Å². The van der Waals surface area contributed by atoms with E-state index in [9.17, 15) is 13.2 Å². The minimum Gasteiger partial charge on any atom is -0.372 e. The molecule has 8 heteroatoms. The fourth-order valence-electron chi connectivity index (χ4n) is 2.69. The van der Waals surface area contributed by atoms with Crippen LogP contribution in [0.2, 0.25) is 0 Å². The minimum absolute atomic E-state index is 0. The Morgan fingerprint density at radius 2 is 1.74 bits per heavy atom. The van der Waals surface area contributed by atoms with Crippen LogP contribution in [-0.4, -0.2) is 45.5 Å². The SMILES string of the molecule is CN=C(NCCCOCC(F)(F)F)NCCCC1CCCC1.I. The third-order valence-electron chi connectivity index (χ3n) is 3.80. The molecule has 0 aromatic carbocycles. The number of ether oxygens (including phenoxy) is 1. The maximum Gasteiger partial charge on any atom is 0.411 e. The van der Waals surface area contributed by atoms with Crippen molar-refractivity contribution in [2.24, 2.45) is 10.9 Å². The van der Waals surface area contributed by atoms with Gasteiger partial charge in [-0.15, -0.1) is 24.0 Å². The lowest BCUT2D eigenvalue weighted by molar-refractivity contribution is -0.173. The van der Waals surface area contributed by atoms with E-state index < -0.39 is 12.8 Å². The van der Waals surface area contributed by atoms with E-state index in [1.54, 1.807) is 7.05 Å². The largest absolute Gasteiger partial charge is 0.411 e. The molecule has 1 fully saturated rings. The minimum atomic E-state index is -4.25. The Balaban J connectivity index is 0.00000484. The number of halogens is 4. The zero-order valence-corrected chi connectivity index (χ0v) is 16.1. The number of nitrogens with one attached hydrogen (secondary N) is 2. The first-order chi connectivity index (χ1) is 10.5. The highest BCUT2D eigenvalue weighted by atomic mass is 127. The highest BCUT2D eigenvalue weighted by Gasteiger charge is 2.27. The second-order valence-corrected chi connectivity index (χ2v) is 5.74. The normalized spacial score (nSPS) is 16.3. The lowest BCUT2D eigenvalue weighted by atomic mass is 10.0. The summed E-state index contributed by atoms with van der Waals surface area (Å²) in [6.07, 6.45) is 4.13. The van der Waals surface area contributed by atoms with Gasteiger partial charge in [0.1, 0.15) is 6.61 Å². The third kappa shape index (κ3) is 12.8. The van der Waals surface area contributed by atoms with Crippen molar-refractivity contribution in [3.63, 3.8) is 0 Å². The molecule has 23 heavy (non-hydrogen) atoms. The molecule has 0 atom stereocenters. The van der Waals surface area contributed by atoms with Crippen LogP contribution in [0.3, 0.4) is 0 Å². The zero-order chi connectivity index (χ0) is 16.3. The molecule has 1 saturated carbocycles. The van der Waals surface area contributed by atoms with Crippen LogP contribution in [0.4, 0.5) is 13.2 Å². The summed E-state index contributed by atoms with van der Waals surface area (Å²) in [6.45, 7) is 0.327. The molecule has 0 aliphatic heterocycles. The monoisotopic (exact) mass is 451 g/mol. The molecule has 2 N–H and O–H groups in total. The summed E-state index contributed by atoms with van der Waals surface area (Å²) in [5.74, 6) is 1.59. The summed E-state index contributed by atoms with van der Waals surface area (Å²) in [7, 11) is 1.69. The quantitative estimate of drug-likeness (QED) is 0.243. The molecular weight excluding hydrogens is 422 g/mol. The molecule has 0 aromatic heterocycles. The molecule has 138 valence electrons. The van der Waals surface area contributed by atoms with Gasteiger partial charge in [0.15, 0.2) is 5.96 Å². The number of rotatable bonds is 9. The standard InChI is InChI=1S/C15H28F3N3O.HI/c1-19-14(20-9-4-8-13-6-2-3-7-13)21-10-5-11-22-12-15(16,17)18;/h13H,2-12H2,1H3,(H2,19,20,21);1H. The lowest BCUT2D eigenvalue weighted by Crippen LogP contribution is -2.38. The number of aliphatic imine (C=N–C) groups is 1. The van der Waals surface area contributed by atoms with E-state index in [1.807, 2.05) is 0 Å². The van der Waals surface area contributed by atoms with Gasteiger partial charge >= 0.3 is 6.18 Å². The summed E-state index contributed by atoms with van der Waals surface area (Å²) in [6, 6.07) is 0. The van der Waals surface area contributed by atoms with Crippen molar-refractivity contribution in [3.05, 3.63) is 0 Å².